The minimum atomic E-state index is -0.294. The van der Waals surface area contributed by atoms with Gasteiger partial charge in [0.15, 0.2) is 11.5 Å². The molecule has 1 aliphatic heterocycles. The zero-order valence-electron chi connectivity index (χ0n) is 15.1. The first-order valence-electron chi connectivity index (χ1n) is 8.79. The van der Waals surface area contributed by atoms with Crippen molar-refractivity contribution in [1.29, 1.82) is 0 Å². The van der Waals surface area contributed by atoms with Gasteiger partial charge in [-0.15, -0.1) is 0 Å². The highest BCUT2D eigenvalue weighted by Crippen LogP contribution is 2.30. The van der Waals surface area contributed by atoms with Gasteiger partial charge in [0.25, 0.3) is 5.91 Å². The average molecular weight is 353 g/mol. The molecule has 0 unspecified atom stereocenters. The van der Waals surface area contributed by atoms with Gasteiger partial charge in [0, 0.05) is 24.3 Å². The number of ether oxygens (including phenoxy) is 2. The molecule has 2 aromatic rings. The van der Waals surface area contributed by atoms with Crippen LogP contribution in [0.2, 0.25) is 0 Å². The third-order valence-electron chi connectivity index (χ3n) is 4.21. The van der Waals surface area contributed by atoms with Crippen molar-refractivity contribution < 1.29 is 14.3 Å². The Morgan fingerprint density at radius 2 is 1.77 bits per heavy atom. The molecule has 1 N–H and O–H groups in total. The number of hydrazone groups is 1. The molecule has 0 aromatic heterocycles. The van der Waals surface area contributed by atoms with E-state index in [4.69, 9.17) is 9.47 Å². The van der Waals surface area contributed by atoms with Crippen LogP contribution in [0, 0.1) is 0 Å². The van der Waals surface area contributed by atoms with Gasteiger partial charge in [-0.1, -0.05) is 12.1 Å². The minimum absolute atomic E-state index is 0.294. The van der Waals surface area contributed by atoms with Crippen LogP contribution in [0.25, 0.3) is 0 Å². The maximum atomic E-state index is 12.2. The summed E-state index contributed by atoms with van der Waals surface area (Å²) in [7, 11) is 0. The van der Waals surface area contributed by atoms with E-state index in [2.05, 4.69) is 41.4 Å². The molecule has 0 saturated carbocycles. The number of anilines is 1. The summed E-state index contributed by atoms with van der Waals surface area (Å²) in [6, 6.07) is 13.2. The molecule has 0 radical (unpaired) electrons. The summed E-state index contributed by atoms with van der Waals surface area (Å²) in [6.45, 7) is 7.21. The van der Waals surface area contributed by atoms with Gasteiger partial charge in [0.05, 0.1) is 6.21 Å². The highest BCUT2D eigenvalue weighted by atomic mass is 16.6. The van der Waals surface area contributed by atoms with Crippen molar-refractivity contribution >= 4 is 17.8 Å². The monoisotopic (exact) mass is 353 g/mol. The van der Waals surface area contributed by atoms with E-state index in [0.29, 0.717) is 30.3 Å². The lowest BCUT2D eigenvalue weighted by Crippen LogP contribution is -2.21. The third-order valence-corrected chi connectivity index (χ3v) is 4.21. The molecule has 1 heterocycles. The Bertz CT molecular complexity index is 783. The summed E-state index contributed by atoms with van der Waals surface area (Å²) in [5.41, 5.74) is 5.11. The fourth-order valence-electron chi connectivity index (χ4n) is 2.77. The highest BCUT2D eigenvalue weighted by Gasteiger charge is 2.14. The fourth-order valence-corrected chi connectivity index (χ4v) is 2.77. The molecule has 0 spiro atoms. The van der Waals surface area contributed by atoms with Gasteiger partial charge in [-0.3, -0.25) is 4.79 Å². The normalized spacial score (nSPS) is 12.8. The summed E-state index contributed by atoms with van der Waals surface area (Å²) >= 11 is 0. The number of nitrogens with one attached hydrogen (secondary N) is 1. The van der Waals surface area contributed by atoms with Gasteiger partial charge >= 0.3 is 0 Å². The van der Waals surface area contributed by atoms with E-state index in [9.17, 15) is 4.79 Å². The van der Waals surface area contributed by atoms with Crippen molar-refractivity contribution in [2.45, 2.75) is 13.8 Å². The molecule has 0 atom stereocenters. The lowest BCUT2D eigenvalue weighted by atomic mass is 10.2. The smallest absolute Gasteiger partial charge is 0.271 e. The first kappa shape index (κ1) is 17.8. The second-order valence-corrected chi connectivity index (χ2v) is 5.82. The van der Waals surface area contributed by atoms with E-state index in [1.54, 1.807) is 24.4 Å². The molecular weight excluding hydrogens is 330 g/mol. The summed E-state index contributed by atoms with van der Waals surface area (Å²) in [4.78, 5) is 14.5. The van der Waals surface area contributed by atoms with E-state index in [0.717, 1.165) is 18.7 Å². The molecule has 1 aliphatic rings. The Morgan fingerprint density at radius 3 is 2.46 bits per heavy atom. The maximum absolute atomic E-state index is 12.2. The number of carbonyl (C=O) groups is 1. The molecule has 0 bridgehead atoms. The van der Waals surface area contributed by atoms with Crippen LogP contribution in [0.15, 0.2) is 47.6 Å². The Labute approximate surface area is 153 Å². The van der Waals surface area contributed by atoms with Crippen molar-refractivity contribution in [1.82, 2.24) is 5.43 Å². The zero-order chi connectivity index (χ0) is 18.4. The Balaban J connectivity index is 1.60. The maximum Gasteiger partial charge on any atom is 0.271 e. The Morgan fingerprint density at radius 1 is 1.08 bits per heavy atom. The van der Waals surface area contributed by atoms with Crippen molar-refractivity contribution in [3.63, 3.8) is 0 Å². The molecule has 136 valence electrons. The lowest BCUT2D eigenvalue weighted by molar-refractivity contribution is 0.0954. The number of nitrogens with zero attached hydrogens (tertiary/aromatic N) is 2. The number of fused-ring (bicyclic) bond motifs is 1. The number of amides is 1. The second kappa shape index (κ2) is 8.38. The number of hydrogen-bond acceptors (Lipinski definition) is 5. The van der Waals surface area contributed by atoms with Gasteiger partial charge < -0.3 is 14.4 Å². The first-order chi connectivity index (χ1) is 12.7. The van der Waals surface area contributed by atoms with E-state index in [1.165, 1.54) is 5.69 Å². The van der Waals surface area contributed by atoms with Crippen LogP contribution < -0.4 is 19.8 Å². The summed E-state index contributed by atoms with van der Waals surface area (Å²) < 4.78 is 10.9. The van der Waals surface area contributed by atoms with Crippen LogP contribution in [-0.4, -0.2) is 38.4 Å². The van der Waals surface area contributed by atoms with Gasteiger partial charge in [0.1, 0.15) is 13.2 Å². The molecular formula is C20H23N3O3. The van der Waals surface area contributed by atoms with Crippen LogP contribution in [0.1, 0.15) is 29.8 Å². The minimum Gasteiger partial charge on any atom is -0.486 e. The topological polar surface area (TPSA) is 63.2 Å². The van der Waals surface area contributed by atoms with E-state index < -0.39 is 0 Å². The predicted octanol–water partition coefficient (Wildman–Crippen LogP) is 3.07. The summed E-state index contributed by atoms with van der Waals surface area (Å²) in [5.74, 6) is 0.947. The van der Waals surface area contributed by atoms with E-state index in [-0.39, 0.29) is 5.91 Å². The summed E-state index contributed by atoms with van der Waals surface area (Å²) in [6.07, 6.45) is 1.63. The zero-order valence-corrected chi connectivity index (χ0v) is 15.1. The second-order valence-electron chi connectivity index (χ2n) is 5.82. The Hall–Kier alpha value is -3.02. The molecule has 6 heteroatoms. The van der Waals surface area contributed by atoms with Crippen molar-refractivity contribution in [3.8, 4) is 11.5 Å². The number of benzene rings is 2. The molecule has 3 rings (SSSR count). The van der Waals surface area contributed by atoms with Gasteiger partial charge in [-0.05, 0) is 49.7 Å². The molecule has 2 aromatic carbocycles. The van der Waals surface area contributed by atoms with Gasteiger partial charge in [-0.25, -0.2) is 5.43 Å². The van der Waals surface area contributed by atoms with Crippen molar-refractivity contribution in [2.24, 2.45) is 5.10 Å². The largest absolute Gasteiger partial charge is 0.486 e. The quantitative estimate of drug-likeness (QED) is 0.640. The number of carbonyl (C=O) groups excluding carboxylic acids is 1. The average Bonchev–Trinajstić information content (AvgIpc) is 2.69. The van der Waals surface area contributed by atoms with Crippen LogP contribution >= 0.6 is 0 Å². The molecule has 0 saturated heterocycles. The van der Waals surface area contributed by atoms with Crippen LogP contribution in [0.5, 0.6) is 11.5 Å². The van der Waals surface area contributed by atoms with Crippen molar-refractivity contribution in [3.05, 3.63) is 53.6 Å². The number of hydrogen-bond donors (Lipinski definition) is 1. The molecule has 26 heavy (non-hydrogen) atoms. The van der Waals surface area contributed by atoms with Gasteiger partial charge in [0.2, 0.25) is 0 Å². The molecule has 0 fully saturated rings. The SMILES string of the molecule is CCN(CC)c1ccc(/C=N\NC(=O)c2ccc3c(c2)OCCO3)cc1. The van der Waals surface area contributed by atoms with E-state index in [1.807, 2.05) is 12.1 Å². The van der Waals surface area contributed by atoms with Crippen molar-refractivity contribution in [2.75, 3.05) is 31.2 Å². The molecule has 6 nitrogen and oxygen atoms in total. The summed E-state index contributed by atoms with van der Waals surface area (Å²) in [5, 5.41) is 4.03. The van der Waals surface area contributed by atoms with Gasteiger partial charge in [-0.2, -0.15) is 5.10 Å². The standard InChI is InChI=1S/C20H23N3O3/c1-3-23(4-2)17-8-5-15(6-9-17)14-21-22-20(24)16-7-10-18-19(13-16)26-12-11-25-18/h5-10,13-14H,3-4,11-12H2,1-2H3,(H,22,24)/b21-14-. The highest BCUT2D eigenvalue weighted by molar-refractivity contribution is 5.95. The lowest BCUT2D eigenvalue weighted by Gasteiger charge is -2.20. The molecule has 1 amide bonds. The van der Waals surface area contributed by atoms with Crippen LogP contribution in [0.4, 0.5) is 5.69 Å². The predicted molar refractivity (Wildman–Crippen MR) is 102 cm³/mol. The van der Waals surface area contributed by atoms with Crippen LogP contribution in [-0.2, 0) is 0 Å². The fraction of sp³-hybridized carbons (Fsp3) is 0.300. The van der Waals surface area contributed by atoms with E-state index >= 15 is 0 Å². The Kier molecular flexibility index (Phi) is 5.73. The third kappa shape index (κ3) is 4.14. The van der Waals surface area contributed by atoms with Crippen LogP contribution in [0.3, 0.4) is 0 Å². The molecule has 0 aliphatic carbocycles. The number of rotatable bonds is 6. The first-order valence-corrected chi connectivity index (χ1v) is 8.79.